The standard InChI is InChI=1S/C19H21NO3/c1-14(16-10-6-3-7-11-16)17(12-18(21)22)19(23)20-13-15-8-4-2-5-9-15/h2-11,14,17H,12-13H2,1H3,(H,20,23)(H,21,22)/p-1/t14-,17-/m1/s1. The van der Waals surface area contributed by atoms with Crippen LogP contribution in [0.1, 0.15) is 30.4 Å². The molecule has 0 fully saturated rings. The van der Waals surface area contributed by atoms with Crippen LogP contribution in [0.2, 0.25) is 0 Å². The molecule has 0 radical (unpaired) electrons. The smallest absolute Gasteiger partial charge is 0.224 e. The van der Waals surface area contributed by atoms with Gasteiger partial charge in [0, 0.05) is 18.4 Å². The van der Waals surface area contributed by atoms with Gasteiger partial charge in [0.15, 0.2) is 0 Å². The van der Waals surface area contributed by atoms with E-state index in [0.29, 0.717) is 6.54 Å². The average molecular weight is 310 g/mol. The molecule has 23 heavy (non-hydrogen) atoms. The van der Waals surface area contributed by atoms with Crippen LogP contribution in [0.3, 0.4) is 0 Å². The number of benzene rings is 2. The van der Waals surface area contributed by atoms with E-state index in [4.69, 9.17) is 0 Å². The third kappa shape index (κ3) is 4.95. The molecule has 0 spiro atoms. The molecule has 0 aliphatic heterocycles. The molecule has 0 saturated carbocycles. The summed E-state index contributed by atoms with van der Waals surface area (Å²) in [6, 6.07) is 19.0. The van der Waals surface area contributed by atoms with Gasteiger partial charge in [-0.2, -0.15) is 0 Å². The normalized spacial score (nSPS) is 13.1. The van der Waals surface area contributed by atoms with Gasteiger partial charge in [-0.05, 0) is 23.5 Å². The average Bonchev–Trinajstić information content (AvgIpc) is 2.58. The van der Waals surface area contributed by atoms with Crippen LogP contribution in [0.5, 0.6) is 0 Å². The molecular formula is C19H20NO3-. The number of carbonyl (C=O) groups is 2. The van der Waals surface area contributed by atoms with Crippen molar-refractivity contribution >= 4 is 11.9 Å². The first kappa shape index (κ1) is 16.7. The number of aliphatic carboxylic acids is 1. The minimum absolute atomic E-state index is 0.204. The Balaban J connectivity index is 2.07. The Morgan fingerprint density at radius 1 is 1.00 bits per heavy atom. The zero-order chi connectivity index (χ0) is 16.7. The van der Waals surface area contributed by atoms with Crippen molar-refractivity contribution in [1.29, 1.82) is 0 Å². The Bertz CT molecular complexity index is 640. The summed E-state index contributed by atoms with van der Waals surface area (Å²) in [6.45, 7) is 2.25. The first-order valence-corrected chi connectivity index (χ1v) is 7.64. The lowest BCUT2D eigenvalue weighted by molar-refractivity contribution is -0.306. The van der Waals surface area contributed by atoms with Gasteiger partial charge in [0.1, 0.15) is 0 Å². The van der Waals surface area contributed by atoms with Crippen LogP contribution in [0.4, 0.5) is 0 Å². The molecular weight excluding hydrogens is 290 g/mol. The van der Waals surface area contributed by atoms with Crippen molar-refractivity contribution in [2.45, 2.75) is 25.8 Å². The first-order chi connectivity index (χ1) is 11.1. The Labute approximate surface area is 136 Å². The van der Waals surface area contributed by atoms with E-state index < -0.39 is 11.9 Å². The molecule has 4 nitrogen and oxygen atoms in total. The van der Waals surface area contributed by atoms with Crippen molar-refractivity contribution < 1.29 is 14.7 Å². The minimum Gasteiger partial charge on any atom is -0.550 e. The second kappa shape index (κ2) is 8.13. The maximum Gasteiger partial charge on any atom is 0.224 e. The molecule has 0 saturated heterocycles. The van der Waals surface area contributed by atoms with Crippen LogP contribution >= 0.6 is 0 Å². The SMILES string of the molecule is C[C@H](c1ccccc1)[C@@H](CC(=O)[O-])C(=O)NCc1ccccc1. The molecule has 4 heteroatoms. The number of rotatable bonds is 7. The fourth-order valence-electron chi connectivity index (χ4n) is 2.58. The predicted octanol–water partition coefficient (Wildman–Crippen LogP) is 1.86. The van der Waals surface area contributed by atoms with E-state index in [2.05, 4.69) is 5.32 Å². The number of amides is 1. The fourth-order valence-corrected chi connectivity index (χ4v) is 2.58. The van der Waals surface area contributed by atoms with E-state index in [1.807, 2.05) is 67.6 Å². The van der Waals surface area contributed by atoms with Crippen molar-refractivity contribution in [3.8, 4) is 0 Å². The van der Waals surface area contributed by atoms with Crippen molar-refractivity contribution in [1.82, 2.24) is 5.32 Å². The molecule has 0 bridgehead atoms. The molecule has 0 heterocycles. The van der Waals surface area contributed by atoms with Crippen LogP contribution < -0.4 is 10.4 Å². The number of hydrogen-bond donors (Lipinski definition) is 1. The van der Waals surface area contributed by atoms with Gasteiger partial charge in [0.25, 0.3) is 0 Å². The van der Waals surface area contributed by atoms with E-state index in [-0.39, 0.29) is 18.2 Å². The van der Waals surface area contributed by atoms with Crippen molar-refractivity contribution in [2.75, 3.05) is 0 Å². The molecule has 2 atom stereocenters. The van der Waals surface area contributed by atoms with Crippen LogP contribution in [0, 0.1) is 5.92 Å². The summed E-state index contributed by atoms with van der Waals surface area (Å²) in [5.74, 6) is -2.35. The van der Waals surface area contributed by atoms with E-state index in [9.17, 15) is 14.7 Å². The molecule has 0 aliphatic carbocycles. The molecule has 2 aromatic rings. The Morgan fingerprint density at radius 3 is 2.13 bits per heavy atom. The van der Waals surface area contributed by atoms with E-state index in [1.54, 1.807) is 0 Å². The molecule has 2 rings (SSSR count). The van der Waals surface area contributed by atoms with Gasteiger partial charge in [-0.1, -0.05) is 67.6 Å². The largest absolute Gasteiger partial charge is 0.550 e. The van der Waals surface area contributed by atoms with Gasteiger partial charge in [-0.25, -0.2) is 0 Å². The second-order valence-electron chi connectivity index (χ2n) is 5.59. The minimum atomic E-state index is -1.22. The van der Waals surface area contributed by atoms with Gasteiger partial charge in [0.2, 0.25) is 5.91 Å². The third-order valence-electron chi connectivity index (χ3n) is 3.96. The number of carbonyl (C=O) groups excluding carboxylic acids is 2. The highest BCUT2D eigenvalue weighted by atomic mass is 16.4. The Kier molecular flexibility index (Phi) is 5.92. The molecule has 0 unspecified atom stereocenters. The summed E-state index contributed by atoms with van der Waals surface area (Å²) in [7, 11) is 0. The van der Waals surface area contributed by atoms with Gasteiger partial charge < -0.3 is 15.2 Å². The van der Waals surface area contributed by atoms with Crippen molar-refractivity contribution in [3.05, 3.63) is 71.8 Å². The number of carboxylic acids is 1. The number of carboxylic acid groups (broad SMARTS) is 1. The van der Waals surface area contributed by atoms with E-state index >= 15 is 0 Å². The van der Waals surface area contributed by atoms with E-state index in [0.717, 1.165) is 11.1 Å². The number of nitrogens with one attached hydrogen (secondary N) is 1. The topological polar surface area (TPSA) is 69.2 Å². The summed E-state index contributed by atoms with van der Waals surface area (Å²) in [5.41, 5.74) is 1.91. The highest BCUT2D eigenvalue weighted by Gasteiger charge is 2.26. The molecule has 0 aliphatic rings. The summed E-state index contributed by atoms with van der Waals surface area (Å²) >= 11 is 0. The molecule has 120 valence electrons. The summed E-state index contributed by atoms with van der Waals surface area (Å²) in [6.07, 6.45) is -0.295. The van der Waals surface area contributed by atoms with Gasteiger partial charge in [-0.15, -0.1) is 0 Å². The maximum absolute atomic E-state index is 12.5. The lowest BCUT2D eigenvalue weighted by Crippen LogP contribution is -2.37. The molecule has 1 N–H and O–H groups in total. The van der Waals surface area contributed by atoms with Gasteiger partial charge in [0.05, 0.1) is 0 Å². The quantitative estimate of drug-likeness (QED) is 0.848. The molecule has 0 aromatic heterocycles. The fraction of sp³-hybridized carbons (Fsp3) is 0.263. The van der Waals surface area contributed by atoms with Crippen LogP contribution in [0.15, 0.2) is 60.7 Å². The summed E-state index contributed by atoms with van der Waals surface area (Å²) in [4.78, 5) is 23.5. The Hall–Kier alpha value is -2.62. The van der Waals surface area contributed by atoms with Crippen LogP contribution in [0.25, 0.3) is 0 Å². The first-order valence-electron chi connectivity index (χ1n) is 7.64. The summed E-state index contributed by atoms with van der Waals surface area (Å²) < 4.78 is 0. The zero-order valence-corrected chi connectivity index (χ0v) is 13.1. The predicted molar refractivity (Wildman–Crippen MR) is 86.3 cm³/mol. The van der Waals surface area contributed by atoms with Crippen molar-refractivity contribution in [3.63, 3.8) is 0 Å². The van der Waals surface area contributed by atoms with E-state index in [1.165, 1.54) is 0 Å². The highest BCUT2D eigenvalue weighted by Crippen LogP contribution is 2.27. The summed E-state index contributed by atoms with van der Waals surface area (Å²) in [5, 5.41) is 13.9. The van der Waals surface area contributed by atoms with Gasteiger partial charge in [-0.3, -0.25) is 4.79 Å². The highest BCUT2D eigenvalue weighted by molar-refractivity contribution is 5.83. The van der Waals surface area contributed by atoms with Gasteiger partial charge >= 0.3 is 0 Å². The lowest BCUT2D eigenvalue weighted by atomic mass is 9.84. The van der Waals surface area contributed by atoms with Crippen LogP contribution in [-0.2, 0) is 16.1 Å². The molecule has 2 aromatic carbocycles. The third-order valence-corrected chi connectivity index (χ3v) is 3.96. The second-order valence-corrected chi connectivity index (χ2v) is 5.59. The Morgan fingerprint density at radius 2 is 1.57 bits per heavy atom. The number of hydrogen-bond acceptors (Lipinski definition) is 3. The van der Waals surface area contributed by atoms with Crippen LogP contribution in [-0.4, -0.2) is 11.9 Å². The lowest BCUT2D eigenvalue weighted by Gasteiger charge is -2.24. The zero-order valence-electron chi connectivity index (χ0n) is 13.1. The van der Waals surface area contributed by atoms with Crippen molar-refractivity contribution in [2.24, 2.45) is 5.92 Å². The maximum atomic E-state index is 12.5. The monoisotopic (exact) mass is 310 g/mol. The molecule has 1 amide bonds.